The van der Waals surface area contributed by atoms with Crippen molar-refractivity contribution in [3.05, 3.63) is 134 Å². The molecule has 2 aliphatic heterocycles. The van der Waals surface area contributed by atoms with E-state index in [0.717, 1.165) is 74.0 Å². The summed E-state index contributed by atoms with van der Waals surface area (Å²) in [6.45, 7) is 41.0. The van der Waals surface area contributed by atoms with Crippen molar-refractivity contribution in [3.63, 3.8) is 0 Å². The van der Waals surface area contributed by atoms with Crippen LogP contribution in [0.25, 0.3) is 11.1 Å². The molecule has 6 heteroatoms. The molecule has 2 nitrogen and oxygen atoms in total. The Morgan fingerprint density at radius 2 is 0.890 bits per heavy atom. The van der Waals surface area contributed by atoms with Crippen molar-refractivity contribution >= 4 is 67.9 Å². The van der Waals surface area contributed by atoms with Crippen molar-refractivity contribution in [1.29, 1.82) is 0 Å². The van der Waals surface area contributed by atoms with Crippen LogP contribution in [-0.4, -0.2) is 6.71 Å². The molecule has 0 atom stereocenters. The number of nitrogens with zero attached hydrogens (tertiary/aromatic N) is 2. The van der Waals surface area contributed by atoms with Crippen molar-refractivity contribution in [1.82, 2.24) is 0 Å². The molecule has 1 aromatic heterocycles. The van der Waals surface area contributed by atoms with Crippen LogP contribution in [0, 0.1) is 18.6 Å². The second-order valence-corrected chi connectivity index (χ2v) is 30.1. The topological polar surface area (TPSA) is 6.48 Å². The second-order valence-electron chi connectivity index (χ2n) is 29.1. The van der Waals surface area contributed by atoms with Gasteiger partial charge in [0.15, 0.2) is 0 Å². The lowest BCUT2D eigenvalue weighted by Gasteiger charge is -2.49. The molecule has 0 bridgehead atoms. The molecule has 0 fully saturated rings. The van der Waals surface area contributed by atoms with Gasteiger partial charge in [0.25, 0.3) is 6.71 Å². The van der Waals surface area contributed by atoms with Gasteiger partial charge in [0.05, 0.1) is 16.3 Å². The number of hydrogen-bond acceptors (Lipinski definition) is 3. The number of aryl methyl sites for hydroxylation is 1. The number of benzene rings is 5. The number of fused-ring (bicyclic) bond motifs is 9. The summed E-state index contributed by atoms with van der Waals surface area (Å²) >= 11 is 2.05. The third kappa shape index (κ3) is 7.02. The van der Waals surface area contributed by atoms with Crippen LogP contribution in [0.1, 0.15) is 212 Å². The van der Waals surface area contributed by atoms with Gasteiger partial charge in [0.1, 0.15) is 11.6 Å². The van der Waals surface area contributed by atoms with Crippen LogP contribution >= 0.6 is 11.3 Å². The van der Waals surface area contributed by atoms with Crippen molar-refractivity contribution in [2.45, 2.75) is 212 Å². The molecule has 0 spiro atoms. The third-order valence-electron chi connectivity index (χ3n) is 20.2. The average Bonchev–Trinajstić information content (AvgIpc) is 3.72. The average molecular weight is 993 g/mol. The molecule has 0 saturated heterocycles. The predicted octanol–water partition coefficient (Wildman–Crippen LogP) is 17.5. The van der Waals surface area contributed by atoms with E-state index in [1.807, 2.05) is 0 Å². The number of rotatable bonds is 3. The molecule has 73 heavy (non-hydrogen) atoms. The van der Waals surface area contributed by atoms with E-state index in [4.69, 9.17) is 0 Å². The monoisotopic (exact) mass is 993 g/mol. The van der Waals surface area contributed by atoms with Crippen molar-refractivity contribution in [2.24, 2.45) is 0 Å². The normalized spacial score (nSPS) is 22.3. The molecule has 380 valence electrons. The van der Waals surface area contributed by atoms with Gasteiger partial charge in [-0.05, 0) is 217 Å². The highest BCUT2D eigenvalue weighted by Gasteiger charge is 2.53. The summed E-state index contributed by atoms with van der Waals surface area (Å²) in [5.74, 6) is -1.07. The van der Waals surface area contributed by atoms with Crippen LogP contribution in [-0.2, 0) is 43.3 Å². The quantitative estimate of drug-likeness (QED) is 0.163. The maximum Gasteiger partial charge on any atom is 0.253 e. The van der Waals surface area contributed by atoms with Crippen LogP contribution in [0.2, 0.25) is 0 Å². The van der Waals surface area contributed by atoms with E-state index in [1.165, 1.54) is 94.8 Å². The van der Waals surface area contributed by atoms with Crippen molar-refractivity contribution in [3.8, 4) is 11.1 Å². The molecule has 0 N–H and O–H groups in total. The van der Waals surface area contributed by atoms with E-state index in [2.05, 4.69) is 193 Å². The van der Waals surface area contributed by atoms with Crippen LogP contribution in [0.4, 0.5) is 42.2 Å². The Hall–Kier alpha value is -4.68. The molecule has 0 unspecified atom stereocenters. The number of hydrogen-bond donors (Lipinski definition) is 0. The molecule has 6 aromatic rings. The van der Waals surface area contributed by atoms with Crippen LogP contribution < -0.4 is 26.2 Å². The highest BCUT2D eigenvalue weighted by Crippen LogP contribution is 2.59. The predicted molar refractivity (Wildman–Crippen MR) is 310 cm³/mol. The Labute approximate surface area is 441 Å². The Kier molecular flexibility index (Phi) is 10.3. The smallest absolute Gasteiger partial charge is 0.253 e. The van der Waals surface area contributed by atoms with E-state index >= 15 is 8.78 Å². The second kappa shape index (κ2) is 15.3. The fraction of sp³-hybridized carbons (Fsp3) is 0.493. The van der Waals surface area contributed by atoms with Gasteiger partial charge in [-0.15, -0.1) is 11.3 Å². The van der Waals surface area contributed by atoms with Crippen molar-refractivity contribution in [2.75, 3.05) is 9.80 Å². The van der Waals surface area contributed by atoms with Crippen LogP contribution in [0.3, 0.4) is 0 Å². The maximum atomic E-state index is 16.9. The number of thiophene rings is 1. The van der Waals surface area contributed by atoms with E-state index in [-0.39, 0.29) is 55.6 Å². The largest absolute Gasteiger partial charge is 0.311 e. The van der Waals surface area contributed by atoms with Gasteiger partial charge in [0, 0.05) is 33.2 Å². The first-order valence-corrected chi connectivity index (χ1v) is 28.6. The zero-order valence-corrected chi connectivity index (χ0v) is 48.0. The molecular weight excluding hydrogens is 914 g/mol. The molecule has 0 saturated carbocycles. The molecule has 4 aliphatic carbocycles. The number of halogens is 2. The summed E-state index contributed by atoms with van der Waals surface area (Å²) in [5, 5.41) is 1.35. The van der Waals surface area contributed by atoms with Gasteiger partial charge < -0.3 is 9.80 Å². The third-order valence-corrected chi connectivity index (χ3v) is 21.8. The van der Waals surface area contributed by atoms with Gasteiger partial charge in [-0.3, -0.25) is 0 Å². The van der Waals surface area contributed by atoms with E-state index in [9.17, 15) is 0 Å². The Morgan fingerprint density at radius 3 is 1.45 bits per heavy atom. The molecule has 5 aromatic carbocycles. The summed E-state index contributed by atoms with van der Waals surface area (Å²) in [7, 11) is 0. The molecule has 12 rings (SSSR count). The summed E-state index contributed by atoms with van der Waals surface area (Å²) in [6.07, 6.45) is 8.76. The lowest BCUT2D eigenvalue weighted by atomic mass is 9.32. The summed E-state index contributed by atoms with van der Waals surface area (Å²) in [6, 6.07) is 26.5. The van der Waals surface area contributed by atoms with E-state index in [1.54, 1.807) is 0 Å². The molecule has 0 radical (unpaired) electrons. The minimum atomic E-state index is -0.534. The SMILES string of the molecule is Cc1cc2c3c(c1)N(c1ccc4c(c1)C(C)(C)CCC4(C)C)c1sc4c(c1B3c1cc3c(cc1N2c1cc2c(cc1-c1c(F)cccc1F)C(C)(C)CCC2(C)C)C(C)(C)CCC3(C)C)C(C)(C)CCC4(C)C. The summed E-state index contributed by atoms with van der Waals surface area (Å²) in [5.41, 5.74) is 20.6. The Morgan fingerprint density at radius 1 is 0.438 bits per heavy atom. The van der Waals surface area contributed by atoms with Crippen molar-refractivity contribution < 1.29 is 8.78 Å². The maximum absolute atomic E-state index is 16.9. The number of anilines is 6. The lowest BCUT2D eigenvalue weighted by molar-refractivity contribution is 0.332. The standard InChI is InChI=1S/C67H79BF2N2S/c1-38-31-52-56-53(32-38)72(50-36-45-43(62(6,7)25-27-64(45,10)11)34-40(50)54-48(69)19-18-20-49(54)70)51-37-46-44(63(8,9)26-28-65(46,12)13)35-47(51)68(56)57-55-58(67(16,17)30-29-66(55,14)15)73-59(57)71(52)39-21-22-41-42(33-39)61(4,5)24-23-60(41,2)3/h18-22,31-37H,23-30H2,1-17H3. The molecular formula is C67H79BF2N2S. The van der Waals surface area contributed by atoms with Gasteiger partial charge in [-0.25, -0.2) is 8.78 Å². The van der Waals surface area contributed by atoms with E-state index < -0.39 is 11.6 Å². The minimum absolute atomic E-state index is 0.000823. The Balaban J connectivity index is 1.26. The molecule has 0 amide bonds. The lowest BCUT2D eigenvalue weighted by Crippen LogP contribution is -2.63. The molecule has 3 heterocycles. The summed E-state index contributed by atoms with van der Waals surface area (Å²) < 4.78 is 33.9. The van der Waals surface area contributed by atoms with Gasteiger partial charge in [-0.1, -0.05) is 129 Å². The van der Waals surface area contributed by atoms with Gasteiger partial charge >= 0.3 is 0 Å². The van der Waals surface area contributed by atoms with Gasteiger partial charge in [-0.2, -0.15) is 0 Å². The van der Waals surface area contributed by atoms with Crippen LogP contribution in [0.5, 0.6) is 0 Å². The highest BCUT2D eigenvalue weighted by molar-refractivity contribution is 7.20. The highest BCUT2D eigenvalue weighted by atomic mass is 32.1. The van der Waals surface area contributed by atoms with E-state index in [0.29, 0.717) is 5.56 Å². The summed E-state index contributed by atoms with van der Waals surface area (Å²) in [4.78, 5) is 6.70. The first-order chi connectivity index (χ1) is 33.9. The zero-order chi connectivity index (χ0) is 52.3. The first kappa shape index (κ1) is 49.2. The zero-order valence-electron chi connectivity index (χ0n) is 47.2. The first-order valence-electron chi connectivity index (χ1n) is 27.8. The fourth-order valence-electron chi connectivity index (χ4n) is 15.0. The minimum Gasteiger partial charge on any atom is -0.311 e. The fourth-order valence-corrected chi connectivity index (χ4v) is 16.7. The van der Waals surface area contributed by atoms with Crippen LogP contribution in [0.15, 0.2) is 72.8 Å². The Bertz CT molecular complexity index is 3350. The molecule has 6 aliphatic rings. The van der Waals surface area contributed by atoms with Gasteiger partial charge in [0.2, 0.25) is 0 Å².